The van der Waals surface area contributed by atoms with Gasteiger partial charge in [0.05, 0.1) is 0 Å². The first-order valence-corrected chi connectivity index (χ1v) is 13.2. The third kappa shape index (κ3) is 14.0. The van der Waals surface area contributed by atoms with Crippen LogP contribution in [0.25, 0.3) is 0 Å². The molecule has 1 fully saturated rings. The zero-order valence-electron chi connectivity index (χ0n) is 25.0. The predicted molar refractivity (Wildman–Crippen MR) is 146 cm³/mol. The molecule has 14 heteroatoms. The molecule has 1 saturated heterocycles. The van der Waals surface area contributed by atoms with Gasteiger partial charge < -0.3 is 29.5 Å². The summed E-state index contributed by atoms with van der Waals surface area (Å²) in [7, 11) is 0. The molecule has 0 radical (unpaired) electrons. The van der Waals surface area contributed by atoms with Gasteiger partial charge in [-0.05, 0) is 88.0 Å². The number of amides is 4. The molecular weight excluding hydrogens is 526 g/mol. The lowest BCUT2D eigenvalue weighted by atomic mass is 10.1. The first-order chi connectivity index (χ1) is 18.2. The Morgan fingerprint density at radius 2 is 1.32 bits per heavy atom. The molecule has 14 nitrogen and oxygen atoms in total. The van der Waals surface area contributed by atoms with Crippen LogP contribution < -0.4 is 16.0 Å². The van der Waals surface area contributed by atoms with E-state index in [1.165, 1.54) is 4.90 Å². The number of likely N-dealkylation sites (tertiary alicyclic amines) is 1. The van der Waals surface area contributed by atoms with Crippen molar-refractivity contribution < 1.29 is 43.3 Å². The molecule has 2 unspecified atom stereocenters. The smallest absolute Gasteiger partial charge is 0.414 e. The van der Waals surface area contributed by atoms with E-state index in [0.29, 0.717) is 12.8 Å². The highest BCUT2D eigenvalue weighted by molar-refractivity contribution is 6.01. The molecule has 0 spiro atoms. The van der Waals surface area contributed by atoms with Crippen LogP contribution in [-0.2, 0) is 23.8 Å². The summed E-state index contributed by atoms with van der Waals surface area (Å²) in [6.07, 6.45) is -1.38. The fourth-order valence-corrected chi connectivity index (χ4v) is 3.59. The van der Waals surface area contributed by atoms with E-state index >= 15 is 0 Å². The molecule has 0 bridgehead atoms. The number of rotatable bonds is 7. The van der Waals surface area contributed by atoms with Gasteiger partial charge in [-0.2, -0.15) is 0 Å². The maximum Gasteiger partial charge on any atom is 0.414 e. The van der Waals surface area contributed by atoms with Crippen molar-refractivity contribution in [3.63, 3.8) is 0 Å². The molecule has 4 N–H and O–H groups in total. The summed E-state index contributed by atoms with van der Waals surface area (Å²) in [5.74, 6) is -1.88. The van der Waals surface area contributed by atoms with Gasteiger partial charge >= 0.3 is 24.2 Å². The second kappa shape index (κ2) is 14.2. The summed E-state index contributed by atoms with van der Waals surface area (Å²) < 4.78 is 15.7. The summed E-state index contributed by atoms with van der Waals surface area (Å²) >= 11 is 0. The highest BCUT2D eigenvalue weighted by Crippen LogP contribution is 2.20. The van der Waals surface area contributed by atoms with Gasteiger partial charge in [0.1, 0.15) is 28.9 Å². The molecule has 0 aromatic rings. The molecule has 2 atom stereocenters. The molecule has 40 heavy (non-hydrogen) atoms. The standard InChI is InChI=1S/C26H45N5O9/c1-24(2,3)38-21(35)28-16(18(32)31-15-11-13-17(31)19(33)34)12-10-14-27-20(29-22(36)39-25(4,5)6)30-23(37)40-26(7,8)9/h16-17H,10-15H2,1-9H3,(H,28,35)(H,33,34)(H2,27,29,30,36,37). The van der Waals surface area contributed by atoms with Crippen molar-refractivity contribution in [1.82, 2.24) is 20.9 Å². The fraction of sp³-hybridized carbons (Fsp3) is 0.769. The monoisotopic (exact) mass is 571 g/mol. The number of alkyl carbamates (subject to hydrolysis) is 3. The number of guanidine groups is 1. The molecule has 1 aliphatic heterocycles. The van der Waals surface area contributed by atoms with Crippen LogP contribution in [0.3, 0.4) is 0 Å². The third-order valence-electron chi connectivity index (χ3n) is 4.97. The Morgan fingerprint density at radius 1 is 0.850 bits per heavy atom. The highest BCUT2D eigenvalue weighted by atomic mass is 16.6. The van der Waals surface area contributed by atoms with Crippen molar-refractivity contribution in [3.05, 3.63) is 0 Å². The van der Waals surface area contributed by atoms with E-state index in [-0.39, 0.29) is 31.9 Å². The van der Waals surface area contributed by atoms with E-state index in [1.54, 1.807) is 62.3 Å². The van der Waals surface area contributed by atoms with Crippen molar-refractivity contribution in [2.75, 3.05) is 13.1 Å². The topological polar surface area (TPSA) is 185 Å². The minimum atomic E-state index is -1.11. The van der Waals surface area contributed by atoms with Crippen LogP contribution in [0.15, 0.2) is 4.99 Å². The second-order valence-corrected chi connectivity index (χ2v) is 12.4. The molecule has 228 valence electrons. The summed E-state index contributed by atoms with van der Waals surface area (Å²) in [5, 5.41) is 16.8. The first kappa shape index (κ1) is 34.4. The number of carbonyl (C=O) groups is 5. The van der Waals surface area contributed by atoms with Crippen molar-refractivity contribution in [1.29, 1.82) is 0 Å². The lowest BCUT2D eigenvalue weighted by Crippen LogP contribution is -2.52. The van der Waals surface area contributed by atoms with E-state index in [1.807, 2.05) is 0 Å². The van der Waals surface area contributed by atoms with Gasteiger partial charge in [0.15, 0.2) is 0 Å². The molecule has 0 aromatic carbocycles. The van der Waals surface area contributed by atoms with Crippen LogP contribution in [0, 0.1) is 0 Å². The number of nitrogens with zero attached hydrogens (tertiary/aromatic N) is 2. The Balaban J connectivity index is 3.02. The zero-order chi connectivity index (χ0) is 30.9. The third-order valence-corrected chi connectivity index (χ3v) is 4.97. The first-order valence-electron chi connectivity index (χ1n) is 13.2. The Bertz CT molecular complexity index is 929. The van der Waals surface area contributed by atoms with Gasteiger partial charge in [-0.15, -0.1) is 0 Å². The van der Waals surface area contributed by atoms with Gasteiger partial charge in [-0.25, -0.2) is 19.2 Å². The summed E-state index contributed by atoms with van der Waals surface area (Å²) in [5.41, 5.74) is -2.41. The minimum Gasteiger partial charge on any atom is -0.480 e. The van der Waals surface area contributed by atoms with Gasteiger partial charge in [0.25, 0.3) is 0 Å². The number of hydrogen-bond acceptors (Lipinski definition) is 9. The summed E-state index contributed by atoms with van der Waals surface area (Å²) in [4.78, 5) is 67.3. The Morgan fingerprint density at radius 3 is 1.77 bits per heavy atom. The minimum absolute atomic E-state index is 0.0169. The van der Waals surface area contributed by atoms with Crippen LogP contribution in [0.1, 0.15) is 88.0 Å². The number of carboxylic acids is 1. The molecule has 0 aliphatic carbocycles. The van der Waals surface area contributed by atoms with Gasteiger partial charge in [-0.1, -0.05) is 0 Å². The van der Waals surface area contributed by atoms with E-state index < -0.39 is 59.0 Å². The summed E-state index contributed by atoms with van der Waals surface area (Å²) in [6.45, 7) is 15.4. The number of aliphatic imine (C=N–C) groups is 1. The van der Waals surface area contributed by atoms with Crippen LogP contribution in [0.5, 0.6) is 0 Å². The summed E-state index contributed by atoms with van der Waals surface area (Å²) in [6, 6.07) is -2.05. The molecule has 1 aliphatic rings. The molecule has 0 aromatic heterocycles. The molecule has 0 saturated carbocycles. The van der Waals surface area contributed by atoms with E-state index in [9.17, 15) is 29.1 Å². The van der Waals surface area contributed by atoms with Crippen molar-refractivity contribution in [2.24, 2.45) is 4.99 Å². The maximum absolute atomic E-state index is 13.3. The number of carboxylic acid groups (broad SMARTS) is 1. The zero-order valence-corrected chi connectivity index (χ0v) is 25.0. The van der Waals surface area contributed by atoms with Crippen molar-refractivity contribution in [2.45, 2.75) is 117 Å². The van der Waals surface area contributed by atoms with Gasteiger partial charge in [-0.3, -0.25) is 20.4 Å². The number of nitrogens with one attached hydrogen (secondary N) is 3. The average molecular weight is 572 g/mol. The van der Waals surface area contributed by atoms with Crippen LogP contribution in [-0.4, -0.2) is 88.1 Å². The molecule has 1 rings (SSSR count). The lowest BCUT2D eigenvalue weighted by molar-refractivity contribution is -0.149. The lowest BCUT2D eigenvalue weighted by Gasteiger charge is -2.28. The van der Waals surface area contributed by atoms with Gasteiger partial charge in [0.2, 0.25) is 11.9 Å². The Kier molecular flexibility index (Phi) is 12.2. The largest absolute Gasteiger partial charge is 0.480 e. The Hall–Kier alpha value is -3.58. The van der Waals surface area contributed by atoms with E-state index in [0.717, 1.165) is 0 Å². The average Bonchev–Trinajstić information content (AvgIpc) is 3.21. The molecular formula is C26H45N5O9. The fourth-order valence-electron chi connectivity index (χ4n) is 3.59. The maximum atomic E-state index is 13.3. The highest BCUT2D eigenvalue weighted by Gasteiger charge is 2.38. The second-order valence-electron chi connectivity index (χ2n) is 12.4. The van der Waals surface area contributed by atoms with E-state index in [4.69, 9.17) is 14.2 Å². The quantitative estimate of drug-likeness (QED) is 0.154. The Labute approximate surface area is 235 Å². The van der Waals surface area contributed by atoms with Crippen LogP contribution in [0.4, 0.5) is 14.4 Å². The van der Waals surface area contributed by atoms with Crippen molar-refractivity contribution >= 4 is 36.1 Å². The number of carbonyl (C=O) groups excluding carboxylic acids is 4. The SMILES string of the molecule is CC(C)(C)OC(=O)NC(=NCCCC(NC(=O)OC(C)(C)C)C(=O)N1CCCC1C(=O)O)NC(=O)OC(C)(C)C. The van der Waals surface area contributed by atoms with E-state index in [2.05, 4.69) is 20.9 Å². The molecule has 4 amide bonds. The number of ether oxygens (including phenoxy) is 3. The number of aliphatic carboxylic acids is 1. The molecule has 1 heterocycles. The number of hydrogen-bond donors (Lipinski definition) is 4. The van der Waals surface area contributed by atoms with Crippen LogP contribution >= 0.6 is 0 Å². The predicted octanol–water partition coefficient (Wildman–Crippen LogP) is 3.14. The van der Waals surface area contributed by atoms with Gasteiger partial charge in [0, 0.05) is 13.1 Å². The normalized spacial score (nSPS) is 16.3. The van der Waals surface area contributed by atoms with Crippen molar-refractivity contribution in [3.8, 4) is 0 Å². The van der Waals surface area contributed by atoms with Crippen LogP contribution in [0.2, 0.25) is 0 Å².